The number of hydrogen-bond acceptors (Lipinski definition) is 3. The zero-order chi connectivity index (χ0) is 13.4. The first-order chi connectivity index (χ1) is 8.41. The van der Waals surface area contributed by atoms with Gasteiger partial charge in [-0.05, 0) is 19.8 Å². The van der Waals surface area contributed by atoms with E-state index in [9.17, 15) is 9.59 Å². The first-order valence-electron chi connectivity index (χ1n) is 6.88. The van der Waals surface area contributed by atoms with E-state index in [0.717, 1.165) is 0 Å². The van der Waals surface area contributed by atoms with Crippen LogP contribution < -0.4 is 0 Å². The van der Waals surface area contributed by atoms with Crippen LogP contribution in [0.2, 0.25) is 0 Å². The number of carbonyl (C=O) groups is 2. The van der Waals surface area contributed by atoms with Crippen LogP contribution in [0, 0.1) is 17.8 Å². The SMILES string of the molecule is CC1CN(C(=O)C2C(C)OC(C)C2C)CCC1=O. The fourth-order valence-corrected chi connectivity index (χ4v) is 3.12. The van der Waals surface area contributed by atoms with E-state index < -0.39 is 0 Å². The summed E-state index contributed by atoms with van der Waals surface area (Å²) >= 11 is 0. The van der Waals surface area contributed by atoms with Crippen LogP contribution in [0.5, 0.6) is 0 Å². The van der Waals surface area contributed by atoms with E-state index in [-0.39, 0.29) is 41.7 Å². The van der Waals surface area contributed by atoms with Crippen molar-refractivity contribution in [1.82, 2.24) is 4.90 Å². The van der Waals surface area contributed by atoms with E-state index in [1.165, 1.54) is 0 Å². The van der Waals surface area contributed by atoms with Gasteiger partial charge in [0.1, 0.15) is 5.78 Å². The molecule has 102 valence electrons. The summed E-state index contributed by atoms with van der Waals surface area (Å²) in [7, 11) is 0. The van der Waals surface area contributed by atoms with Crippen molar-refractivity contribution in [3.8, 4) is 0 Å². The van der Waals surface area contributed by atoms with Gasteiger partial charge in [0.2, 0.25) is 5.91 Å². The third-order valence-corrected chi connectivity index (χ3v) is 4.51. The molecule has 2 fully saturated rings. The molecule has 2 aliphatic heterocycles. The van der Waals surface area contributed by atoms with Gasteiger partial charge in [0.05, 0.1) is 18.1 Å². The summed E-state index contributed by atoms with van der Waals surface area (Å²) in [5.74, 6) is 0.615. The van der Waals surface area contributed by atoms with E-state index in [1.54, 1.807) is 0 Å². The molecule has 0 aromatic heterocycles. The molecule has 5 unspecified atom stereocenters. The Bertz CT molecular complexity index is 355. The zero-order valence-corrected chi connectivity index (χ0v) is 11.7. The molecule has 2 rings (SSSR count). The molecule has 0 aromatic rings. The number of nitrogens with zero attached hydrogens (tertiary/aromatic N) is 1. The van der Waals surface area contributed by atoms with Crippen LogP contribution in [0.15, 0.2) is 0 Å². The molecule has 0 aliphatic carbocycles. The van der Waals surface area contributed by atoms with Gasteiger partial charge in [-0.15, -0.1) is 0 Å². The molecule has 2 saturated heterocycles. The normalized spacial score (nSPS) is 41.2. The molecule has 0 N–H and O–H groups in total. The van der Waals surface area contributed by atoms with E-state index in [0.29, 0.717) is 19.5 Å². The molecule has 4 heteroatoms. The van der Waals surface area contributed by atoms with Crippen molar-refractivity contribution in [3.05, 3.63) is 0 Å². The number of rotatable bonds is 1. The molecule has 5 atom stereocenters. The number of hydrogen-bond donors (Lipinski definition) is 0. The van der Waals surface area contributed by atoms with Crippen molar-refractivity contribution in [3.63, 3.8) is 0 Å². The van der Waals surface area contributed by atoms with Crippen molar-refractivity contribution < 1.29 is 14.3 Å². The van der Waals surface area contributed by atoms with Crippen molar-refractivity contribution in [2.24, 2.45) is 17.8 Å². The smallest absolute Gasteiger partial charge is 0.228 e. The van der Waals surface area contributed by atoms with Crippen molar-refractivity contribution in [1.29, 1.82) is 0 Å². The number of Topliss-reactive ketones (excluding diaryl/α,β-unsaturated/α-hetero) is 1. The van der Waals surface area contributed by atoms with Gasteiger partial charge in [-0.25, -0.2) is 0 Å². The predicted octanol–water partition coefficient (Wildman–Crippen LogP) is 1.48. The second kappa shape index (κ2) is 5.00. The van der Waals surface area contributed by atoms with Crippen molar-refractivity contribution in [2.45, 2.75) is 46.3 Å². The van der Waals surface area contributed by atoms with Gasteiger partial charge >= 0.3 is 0 Å². The summed E-state index contributed by atoms with van der Waals surface area (Å²) in [5.41, 5.74) is 0. The summed E-state index contributed by atoms with van der Waals surface area (Å²) in [6.07, 6.45) is 0.618. The van der Waals surface area contributed by atoms with Crippen molar-refractivity contribution >= 4 is 11.7 Å². The third kappa shape index (κ3) is 2.30. The Kier molecular flexibility index (Phi) is 3.76. The molecule has 2 heterocycles. The minimum atomic E-state index is -0.0552. The first-order valence-corrected chi connectivity index (χ1v) is 6.88. The molecule has 1 amide bonds. The number of carbonyl (C=O) groups excluding carboxylic acids is 2. The van der Waals surface area contributed by atoms with Gasteiger partial charge < -0.3 is 9.64 Å². The van der Waals surface area contributed by atoms with Gasteiger partial charge in [0.15, 0.2) is 0 Å². The monoisotopic (exact) mass is 253 g/mol. The minimum Gasteiger partial charge on any atom is -0.374 e. The Morgan fingerprint density at radius 3 is 2.39 bits per heavy atom. The van der Waals surface area contributed by atoms with Gasteiger partial charge in [-0.1, -0.05) is 13.8 Å². The first kappa shape index (κ1) is 13.5. The molecule has 4 nitrogen and oxygen atoms in total. The standard InChI is InChI=1S/C14H23NO3/c1-8-7-15(6-5-12(8)16)14(17)13-9(2)10(3)18-11(13)4/h8-11,13H,5-7H2,1-4H3. The Labute approximate surface area is 109 Å². The topological polar surface area (TPSA) is 46.6 Å². The second-order valence-corrected chi connectivity index (χ2v) is 5.83. The number of piperidine rings is 1. The molecular formula is C14H23NO3. The van der Waals surface area contributed by atoms with Crippen LogP contribution >= 0.6 is 0 Å². The van der Waals surface area contributed by atoms with Crippen LogP contribution in [0.1, 0.15) is 34.1 Å². The summed E-state index contributed by atoms with van der Waals surface area (Å²) in [6.45, 7) is 9.13. The van der Waals surface area contributed by atoms with Crippen molar-refractivity contribution in [2.75, 3.05) is 13.1 Å². The fourth-order valence-electron chi connectivity index (χ4n) is 3.12. The highest BCUT2D eigenvalue weighted by Gasteiger charge is 2.44. The number of likely N-dealkylation sites (tertiary alicyclic amines) is 1. The Hall–Kier alpha value is -0.900. The predicted molar refractivity (Wildman–Crippen MR) is 68.0 cm³/mol. The summed E-state index contributed by atoms with van der Waals surface area (Å²) in [6, 6.07) is 0. The van der Waals surface area contributed by atoms with E-state index in [1.807, 2.05) is 25.7 Å². The highest BCUT2D eigenvalue weighted by atomic mass is 16.5. The lowest BCUT2D eigenvalue weighted by molar-refractivity contribution is -0.142. The van der Waals surface area contributed by atoms with Gasteiger partial charge in [0.25, 0.3) is 0 Å². The quantitative estimate of drug-likeness (QED) is 0.711. The lowest BCUT2D eigenvalue weighted by atomic mass is 9.87. The lowest BCUT2D eigenvalue weighted by Crippen LogP contribution is -2.47. The van der Waals surface area contributed by atoms with Gasteiger partial charge in [-0.2, -0.15) is 0 Å². The van der Waals surface area contributed by atoms with Crippen LogP contribution in [0.25, 0.3) is 0 Å². The Morgan fingerprint density at radius 1 is 1.22 bits per heavy atom. The zero-order valence-electron chi connectivity index (χ0n) is 11.7. The molecule has 0 spiro atoms. The van der Waals surface area contributed by atoms with Crippen LogP contribution in [0.4, 0.5) is 0 Å². The Balaban J connectivity index is 2.05. The number of ketones is 1. The number of ether oxygens (including phenoxy) is 1. The average Bonchev–Trinajstić information content (AvgIpc) is 2.56. The second-order valence-electron chi connectivity index (χ2n) is 5.83. The molecule has 0 radical (unpaired) electrons. The molecular weight excluding hydrogens is 230 g/mol. The van der Waals surface area contributed by atoms with Gasteiger partial charge in [0, 0.05) is 25.4 Å². The minimum absolute atomic E-state index is 0.0181. The Morgan fingerprint density at radius 2 is 1.89 bits per heavy atom. The summed E-state index contributed by atoms with van der Waals surface area (Å²) in [4.78, 5) is 25.9. The maximum atomic E-state index is 12.6. The highest BCUT2D eigenvalue weighted by Crippen LogP contribution is 2.34. The third-order valence-electron chi connectivity index (χ3n) is 4.51. The van der Waals surface area contributed by atoms with Crippen LogP contribution in [-0.4, -0.2) is 41.9 Å². The molecule has 18 heavy (non-hydrogen) atoms. The van der Waals surface area contributed by atoms with Crippen LogP contribution in [-0.2, 0) is 14.3 Å². The summed E-state index contributed by atoms with van der Waals surface area (Å²) in [5, 5.41) is 0. The van der Waals surface area contributed by atoms with E-state index in [4.69, 9.17) is 4.74 Å². The van der Waals surface area contributed by atoms with E-state index >= 15 is 0 Å². The molecule has 0 saturated carbocycles. The molecule has 0 bridgehead atoms. The summed E-state index contributed by atoms with van der Waals surface area (Å²) < 4.78 is 5.73. The fraction of sp³-hybridized carbons (Fsp3) is 0.857. The van der Waals surface area contributed by atoms with Gasteiger partial charge in [-0.3, -0.25) is 9.59 Å². The molecule has 0 aromatic carbocycles. The molecule has 2 aliphatic rings. The lowest BCUT2D eigenvalue weighted by Gasteiger charge is -2.33. The maximum Gasteiger partial charge on any atom is 0.228 e. The van der Waals surface area contributed by atoms with Crippen LogP contribution in [0.3, 0.4) is 0 Å². The number of amides is 1. The highest BCUT2D eigenvalue weighted by molar-refractivity contribution is 5.86. The average molecular weight is 253 g/mol. The largest absolute Gasteiger partial charge is 0.374 e. The maximum absolute atomic E-state index is 12.6. The van der Waals surface area contributed by atoms with E-state index in [2.05, 4.69) is 6.92 Å².